The third-order valence-electron chi connectivity index (χ3n) is 3.11. The molecule has 0 spiro atoms. The molecule has 2 rings (SSSR count). The van der Waals surface area contributed by atoms with Crippen LogP contribution in [0.2, 0.25) is 0 Å². The van der Waals surface area contributed by atoms with Gasteiger partial charge in [0.25, 0.3) is 0 Å². The molecule has 1 N–H and O–H groups in total. The van der Waals surface area contributed by atoms with Gasteiger partial charge in [-0.2, -0.15) is 13.2 Å². The van der Waals surface area contributed by atoms with Crippen molar-refractivity contribution in [2.45, 2.75) is 20.0 Å². The van der Waals surface area contributed by atoms with Gasteiger partial charge in [0, 0.05) is 29.2 Å². The monoisotopic (exact) mass is 272 g/mol. The highest BCUT2D eigenvalue weighted by Crippen LogP contribution is 2.37. The van der Waals surface area contributed by atoms with Crippen molar-refractivity contribution in [3.8, 4) is 0 Å². The van der Waals surface area contributed by atoms with Crippen molar-refractivity contribution in [2.75, 3.05) is 12.4 Å². The number of nitrogens with zero attached hydrogens (tertiary/aromatic N) is 1. The van der Waals surface area contributed by atoms with E-state index in [0.717, 1.165) is 0 Å². The van der Waals surface area contributed by atoms with Gasteiger partial charge in [-0.1, -0.05) is 0 Å². The SMILES string of the molecule is CNc1c(C)c(C(F)(F)F)nc2c(C)c(F)ccc12. The molecule has 0 radical (unpaired) electrons. The first-order valence-corrected chi connectivity index (χ1v) is 5.61. The molecule has 0 saturated heterocycles. The van der Waals surface area contributed by atoms with Crippen molar-refractivity contribution in [3.05, 3.63) is 34.8 Å². The number of nitrogens with one attached hydrogen (secondary N) is 1. The highest BCUT2D eigenvalue weighted by atomic mass is 19.4. The van der Waals surface area contributed by atoms with Crippen LogP contribution >= 0.6 is 0 Å². The Hall–Kier alpha value is -1.85. The van der Waals surface area contributed by atoms with Crippen molar-refractivity contribution in [1.29, 1.82) is 0 Å². The topological polar surface area (TPSA) is 24.9 Å². The second kappa shape index (κ2) is 4.36. The maximum Gasteiger partial charge on any atom is 0.433 e. The molecule has 0 aliphatic heterocycles. The summed E-state index contributed by atoms with van der Waals surface area (Å²) in [7, 11) is 1.53. The maximum absolute atomic E-state index is 13.5. The van der Waals surface area contributed by atoms with Crippen LogP contribution in [-0.2, 0) is 6.18 Å². The molecule has 0 fully saturated rings. The van der Waals surface area contributed by atoms with Gasteiger partial charge in [-0.05, 0) is 26.0 Å². The Balaban J connectivity index is 2.96. The normalized spacial score (nSPS) is 11.9. The lowest BCUT2D eigenvalue weighted by molar-refractivity contribution is -0.141. The molecule has 0 saturated carbocycles. The number of fused-ring (bicyclic) bond motifs is 1. The van der Waals surface area contributed by atoms with Gasteiger partial charge < -0.3 is 5.32 Å². The van der Waals surface area contributed by atoms with Crippen LogP contribution in [0.15, 0.2) is 12.1 Å². The van der Waals surface area contributed by atoms with Gasteiger partial charge in [-0.25, -0.2) is 9.37 Å². The van der Waals surface area contributed by atoms with Gasteiger partial charge in [0.15, 0.2) is 0 Å². The molecule has 19 heavy (non-hydrogen) atoms. The highest BCUT2D eigenvalue weighted by molar-refractivity contribution is 5.95. The third kappa shape index (κ3) is 2.11. The van der Waals surface area contributed by atoms with Crippen LogP contribution in [-0.4, -0.2) is 12.0 Å². The quantitative estimate of drug-likeness (QED) is 0.792. The van der Waals surface area contributed by atoms with E-state index in [1.54, 1.807) is 0 Å². The van der Waals surface area contributed by atoms with E-state index in [4.69, 9.17) is 0 Å². The molecule has 1 aromatic heterocycles. The second-order valence-electron chi connectivity index (χ2n) is 4.28. The Kier molecular flexibility index (Phi) is 3.12. The number of hydrogen-bond acceptors (Lipinski definition) is 2. The molecule has 6 heteroatoms. The van der Waals surface area contributed by atoms with Gasteiger partial charge in [-0.3, -0.25) is 0 Å². The van der Waals surface area contributed by atoms with Gasteiger partial charge >= 0.3 is 6.18 Å². The zero-order valence-electron chi connectivity index (χ0n) is 10.6. The molecule has 0 aliphatic rings. The molecular formula is C13H12F4N2. The number of anilines is 1. The molecular weight excluding hydrogens is 260 g/mol. The second-order valence-corrected chi connectivity index (χ2v) is 4.28. The molecule has 0 amide bonds. The maximum atomic E-state index is 13.5. The van der Waals surface area contributed by atoms with Crippen molar-refractivity contribution < 1.29 is 17.6 Å². The van der Waals surface area contributed by atoms with E-state index in [1.165, 1.54) is 33.0 Å². The van der Waals surface area contributed by atoms with E-state index in [9.17, 15) is 17.6 Å². The van der Waals surface area contributed by atoms with Crippen molar-refractivity contribution in [1.82, 2.24) is 4.98 Å². The minimum atomic E-state index is -4.57. The van der Waals surface area contributed by atoms with E-state index >= 15 is 0 Å². The predicted octanol–water partition coefficient (Wildman–Crippen LogP) is 4.05. The number of hydrogen-bond donors (Lipinski definition) is 1. The number of rotatable bonds is 1. The molecule has 1 aromatic carbocycles. The lowest BCUT2D eigenvalue weighted by Gasteiger charge is -2.17. The number of pyridine rings is 1. The zero-order valence-corrected chi connectivity index (χ0v) is 10.6. The van der Waals surface area contributed by atoms with Crippen molar-refractivity contribution in [2.24, 2.45) is 0 Å². The fourth-order valence-electron chi connectivity index (χ4n) is 2.14. The molecule has 0 bridgehead atoms. The number of alkyl halides is 3. The first-order chi connectivity index (χ1) is 8.77. The average molecular weight is 272 g/mol. The Morgan fingerprint density at radius 3 is 2.26 bits per heavy atom. The fourth-order valence-corrected chi connectivity index (χ4v) is 2.14. The summed E-state index contributed by atoms with van der Waals surface area (Å²) in [5, 5.41) is 3.21. The molecule has 102 valence electrons. The minimum absolute atomic E-state index is 0.00788. The third-order valence-corrected chi connectivity index (χ3v) is 3.11. The van der Waals surface area contributed by atoms with Crippen LogP contribution in [0.4, 0.5) is 23.2 Å². The van der Waals surface area contributed by atoms with E-state index in [1.807, 2.05) is 0 Å². The van der Waals surface area contributed by atoms with Gasteiger partial charge in [0.05, 0.1) is 5.52 Å². The summed E-state index contributed by atoms with van der Waals surface area (Å²) < 4.78 is 52.3. The Labute approximate surface area is 107 Å². The van der Waals surface area contributed by atoms with Crippen LogP contribution in [0.1, 0.15) is 16.8 Å². The Morgan fingerprint density at radius 1 is 1.11 bits per heavy atom. The average Bonchev–Trinajstić information content (AvgIpc) is 2.32. The summed E-state index contributed by atoms with van der Waals surface area (Å²) in [5.74, 6) is -0.570. The Morgan fingerprint density at radius 2 is 1.74 bits per heavy atom. The molecule has 0 atom stereocenters. The lowest BCUT2D eigenvalue weighted by atomic mass is 10.0. The van der Waals surface area contributed by atoms with Crippen LogP contribution in [0.5, 0.6) is 0 Å². The zero-order chi connectivity index (χ0) is 14.4. The van der Waals surface area contributed by atoms with Crippen LogP contribution in [0, 0.1) is 19.7 Å². The summed E-state index contributed by atoms with van der Waals surface area (Å²) in [6.07, 6.45) is -4.57. The molecule has 0 unspecified atom stereocenters. The predicted molar refractivity (Wildman–Crippen MR) is 65.7 cm³/mol. The minimum Gasteiger partial charge on any atom is -0.387 e. The number of halogens is 4. The van der Waals surface area contributed by atoms with Gasteiger partial charge in [0.2, 0.25) is 0 Å². The summed E-state index contributed by atoms with van der Waals surface area (Å²) in [4.78, 5) is 3.61. The summed E-state index contributed by atoms with van der Waals surface area (Å²) in [6, 6.07) is 2.66. The fraction of sp³-hybridized carbons (Fsp3) is 0.308. The van der Waals surface area contributed by atoms with Crippen LogP contribution in [0.3, 0.4) is 0 Å². The van der Waals surface area contributed by atoms with Gasteiger partial charge in [0.1, 0.15) is 11.5 Å². The van der Waals surface area contributed by atoms with E-state index in [0.29, 0.717) is 11.1 Å². The molecule has 2 nitrogen and oxygen atoms in total. The molecule has 1 heterocycles. The molecule has 0 aliphatic carbocycles. The van der Waals surface area contributed by atoms with E-state index in [-0.39, 0.29) is 16.6 Å². The lowest BCUT2D eigenvalue weighted by Crippen LogP contribution is -2.13. The summed E-state index contributed by atoms with van der Waals surface area (Å²) in [6.45, 7) is 2.76. The van der Waals surface area contributed by atoms with Crippen molar-refractivity contribution >= 4 is 16.6 Å². The number of aromatic nitrogens is 1. The Bertz CT molecular complexity index is 647. The number of aryl methyl sites for hydroxylation is 1. The van der Waals surface area contributed by atoms with Crippen LogP contribution < -0.4 is 5.32 Å². The number of benzene rings is 1. The first kappa shape index (κ1) is 13.6. The van der Waals surface area contributed by atoms with Gasteiger partial charge in [-0.15, -0.1) is 0 Å². The highest BCUT2D eigenvalue weighted by Gasteiger charge is 2.36. The smallest absolute Gasteiger partial charge is 0.387 e. The summed E-state index contributed by atoms with van der Waals surface area (Å²) in [5.41, 5.74) is -0.520. The largest absolute Gasteiger partial charge is 0.433 e. The standard InChI is InChI=1S/C13H12F4N2/c1-6-9(14)5-4-8-10(18-3)7(2)12(13(15,16)17)19-11(6)8/h4-5H,1-3H3,(H,18,19). The molecule has 2 aromatic rings. The van der Waals surface area contributed by atoms with Crippen LogP contribution in [0.25, 0.3) is 10.9 Å². The van der Waals surface area contributed by atoms with E-state index in [2.05, 4.69) is 10.3 Å². The summed E-state index contributed by atoms with van der Waals surface area (Å²) >= 11 is 0. The first-order valence-electron chi connectivity index (χ1n) is 5.61. The van der Waals surface area contributed by atoms with E-state index < -0.39 is 17.7 Å². The van der Waals surface area contributed by atoms with Crippen molar-refractivity contribution in [3.63, 3.8) is 0 Å².